The topological polar surface area (TPSA) is 84.1 Å². The molecule has 4 heterocycles. The van der Waals surface area contributed by atoms with E-state index in [1.165, 1.54) is 11.3 Å². The first kappa shape index (κ1) is 21.8. The number of nitrogens with one attached hydrogen (secondary N) is 1. The maximum absolute atomic E-state index is 13.3. The summed E-state index contributed by atoms with van der Waals surface area (Å²) in [6.07, 6.45) is 6.47. The van der Waals surface area contributed by atoms with Gasteiger partial charge in [-0.05, 0) is 69.1 Å². The number of anilines is 3. The number of aromatic nitrogens is 5. The molecule has 180 valence electrons. The summed E-state index contributed by atoms with van der Waals surface area (Å²) in [4.78, 5) is 31.9. The van der Waals surface area contributed by atoms with Gasteiger partial charge in [0, 0.05) is 49.9 Å². The predicted molar refractivity (Wildman–Crippen MR) is 138 cm³/mol. The van der Waals surface area contributed by atoms with Gasteiger partial charge in [0.25, 0.3) is 5.56 Å². The second-order valence-electron chi connectivity index (χ2n) is 9.58. The maximum atomic E-state index is 13.3. The Hall–Kier alpha value is -3.72. The minimum absolute atomic E-state index is 0.0609. The number of hydrogen-bond donors (Lipinski definition) is 1. The lowest BCUT2D eigenvalue weighted by atomic mass is 9.93. The Bertz CT molecular complexity index is 1410. The summed E-state index contributed by atoms with van der Waals surface area (Å²) >= 11 is 0. The molecule has 2 fully saturated rings. The minimum atomic E-state index is -0.0609. The highest BCUT2D eigenvalue weighted by Crippen LogP contribution is 2.32. The Labute approximate surface area is 204 Å². The fourth-order valence-electron chi connectivity index (χ4n) is 4.98. The van der Waals surface area contributed by atoms with E-state index in [1.54, 1.807) is 12.4 Å². The Morgan fingerprint density at radius 1 is 1.03 bits per heavy atom. The third-order valence-corrected chi connectivity index (χ3v) is 7.21. The molecule has 1 saturated heterocycles. The monoisotopic (exact) mass is 470 g/mol. The highest BCUT2D eigenvalue weighted by atomic mass is 16.1. The van der Waals surface area contributed by atoms with Gasteiger partial charge < -0.3 is 15.1 Å². The molecule has 0 bridgehead atoms. The van der Waals surface area contributed by atoms with Crippen LogP contribution >= 0.6 is 0 Å². The van der Waals surface area contributed by atoms with Gasteiger partial charge in [-0.2, -0.15) is 4.98 Å². The van der Waals surface area contributed by atoms with Gasteiger partial charge in [0.1, 0.15) is 5.39 Å². The normalized spacial score (nSPS) is 17.0. The number of piperazine rings is 1. The smallest absolute Gasteiger partial charge is 0.278 e. The van der Waals surface area contributed by atoms with Crippen molar-refractivity contribution in [1.29, 1.82) is 0 Å². The molecule has 1 N–H and O–H groups in total. The molecule has 3 aromatic heterocycles. The highest BCUT2D eigenvalue weighted by molar-refractivity contribution is 5.77. The predicted octanol–water partition coefficient (Wildman–Crippen LogP) is 3.51. The Kier molecular flexibility index (Phi) is 5.49. The summed E-state index contributed by atoms with van der Waals surface area (Å²) in [6.45, 7) is 6.36. The molecule has 1 aliphatic carbocycles. The number of fused-ring (bicyclic) bond motifs is 1. The fourth-order valence-corrected chi connectivity index (χ4v) is 4.98. The average Bonchev–Trinajstić information content (AvgIpc) is 3.11. The van der Waals surface area contributed by atoms with Crippen LogP contribution in [0.5, 0.6) is 0 Å². The first-order valence-electron chi connectivity index (χ1n) is 12.3. The number of aryl methyl sites for hydroxylation is 1. The molecule has 0 atom stereocenters. The lowest BCUT2D eigenvalue weighted by molar-refractivity contribution is 0.268. The first-order valence-corrected chi connectivity index (χ1v) is 12.3. The zero-order chi connectivity index (χ0) is 23.9. The molecule has 0 radical (unpaired) electrons. The summed E-state index contributed by atoms with van der Waals surface area (Å²) in [7, 11) is 2.17. The van der Waals surface area contributed by atoms with Crippen LogP contribution in [0.3, 0.4) is 0 Å². The van der Waals surface area contributed by atoms with E-state index in [0.29, 0.717) is 22.8 Å². The Morgan fingerprint density at radius 3 is 2.54 bits per heavy atom. The van der Waals surface area contributed by atoms with Crippen LogP contribution in [0.25, 0.3) is 16.9 Å². The van der Waals surface area contributed by atoms with Gasteiger partial charge in [0.05, 0.1) is 6.04 Å². The van der Waals surface area contributed by atoms with E-state index in [2.05, 4.69) is 57.3 Å². The molecular weight excluding hydrogens is 440 g/mol. The SMILES string of the molecule is Cc1cc(Nc2ncc3c(=O)n(C4CCC4)n(-c4ccccn4)c3n2)ccc1N1CCN(C)CC1. The Balaban J connectivity index is 1.35. The number of hydrogen-bond acceptors (Lipinski definition) is 7. The van der Waals surface area contributed by atoms with Crippen LogP contribution in [-0.4, -0.2) is 62.4 Å². The average molecular weight is 471 g/mol. The van der Waals surface area contributed by atoms with Gasteiger partial charge in [0.2, 0.25) is 5.95 Å². The summed E-state index contributed by atoms with van der Waals surface area (Å²) < 4.78 is 3.67. The molecule has 9 nitrogen and oxygen atoms in total. The fraction of sp³-hybridized carbons (Fsp3) is 0.385. The van der Waals surface area contributed by atoms with E-state index >= 15 is 0 Å². The first-order chi connectivity index (χ1) is 17.1. The zero-order valence-electron chi connectivity index (χ0n) is 20.2. The molecule has 0 amide bonds. The minimum Gasteiger partial charge on any atom is -0.369 e. The third-order valence-electron chi connectivity index (χ3n) is 7.21. The number of likely N-dealkylation sites (N-methyl/N-ethyl adjacent to an activating group) is 1. The van der Waals surface area contributed by atoms with Gasteiger partial charge in [0.15, 0.2) is 11.5 Å². The van der Waals surface area contributed by atoms with E-state index in [9.17, 15) is 4.79 Å². The molecule has 2 aliphatic rings. The molecule has 6 rings (SSSR count). The third kappa shape index (κ3) is 3.95. The van der Waals surface area contributed by atoms with Crippen LogP contribution in [0.15, 0.2) is 53.6 Å². The van der Waals surface area contributed by atoms with Gasteiger partial charge in [-0.15, -0.1) is 0 Å². The molecule has 4 aromatic rings. The van der Waals surface area contributed by atoms with Crippen LogP contribution in [0.4, 0.5) is 17.3 Å². The lowest BCUT2D eigenvalue weighted by Crippen LogP contribution is -2.44. The molecular formula is C26H30N8O. The van der Waals surface area contributed by atoms with Crippen molar-refractivity contribution in [2.45, 2.75) is 32.2 Å². The standard InChI is InChI=1S/C26H30N8O/c1-18-16-19(9-10-22(18)32-14-12-31(2)13-15-32)29-26-28-17-21-24(30-26)34(23-8-3-4-11-27-23)33(25(21)35)20-6-5-7-20/h3-4,8-11,16-17,20H,5-7,12-15H2,1-2H3,(H,28,29,30). The number of nitrogens with zero attached hydrogens (tertiary/aromatic N) is 7. The van der Waals surface area contributed by atoms with E-state index in [1.807, 2.05) is 27.6 Å². The van der Waals surface area contributed by atoms with E-state index < -0.39 is 0 Å². The molecule has 1 aliphatic heterocycles. The van der Waals surface area contributed by atoms with E-state index in [-0.39, 0.29) is 11.6 Å². The van der Waals surface area contributed by atoms with Gasteiger partial charge in [-0.25, -0.2) is 19.3 Å². The van der Waals surface area contributed by atoms with E-state index in [0.717, 1.165) is 51.1 Å². The summed E-state index contributed by atoms with van der Waals surface area (Å²) in [5.74, 6) is 1.14. The summed E-state index contributed by atoms with van der Waals surface area (Å²) in [6, 6.07) is 12.2. The van der Waals surface area contributed by atoms with Crippen LogP contribution in [0, 0.1) is 6.92 Å². The van der Waals surface area contributed by atoms with Crippen molar-refractivity contribution in [1.82, 2.24) is 29.2 Å². The molecule has 35 heavy (non-hydrogen) atoms. The number of pyridine rings is 1. The Morgan fingerprint density at radius 2 is 1.86 bits per heavy atom. The van der Waals surface area contributed by atoms with Gasteiger partial charge in [-0.1, -0.05) is 6.07 Å². The molecule has 0 unspecified atom stereocenters. The van der Waals surface area contributed by atoms with Crippen LogP contribution in [0.2, 0.25) is 0 Å². The molecule has 0 spiro atoms. The van der Waals surface area contributed by atoms with Crippen molar-refractivity contribution in [3.63, 3.8) is 0 Å². The van der Waals surface area contributed by atoms with Crippen molar-refractivity contribution in [3.05, 3.63) is 64.7 Å². The van der Waals surface area contributed by atoms with E-state index in [4.69, 9.17) is 4.98 Å². The quantitative estimate of drug-likeness (QED) is 0.478. The second-order valence-corrected chi connectivity index (χ2v) is 9.58. The van der Waals surface area contributed by atoms with Crippen molar-refractivity contribution in [2.75, 3.05) is 43.4 Å². The van der Waals surface area contributed by atoms with Gasteiger partial charge in [-0.3, -0.25) is 4.79 Å². The molecule has 1 aromatic carbocycles. The van der Waals surface area contributed by atoms with Crippen molar-refractivity contribution in [2.24, 2.45) is 0 Å². The molecule has 1 saturated carbocycles. The molecule has 9 heteroatoms. The summed E-state index contributed by atoms with van der Waals surface area (Å²) in [5, 5.41) is 3.85. The lowest BCUT2D eigenvalue weighted by Gasteiger charge is -2.35. The van der Waals surface area contributed by atoms with Crippen molar-refractivity contribution < 1.29 is 0 Å². The van der Waals surface area contributed by atoms with Crippen molar-refractivity contribution >= 4 is 28.4 Å². The summed E-state index contributed by atoms with van der Waals surface area (Å²) in [5.41, 5.74) is 3.91. The maximum Gasteiger partial charge on any atom is 0.278 e. The largest absolute Gasteiger partial charge is 0.369 e. The number of rotatable bonds is 5. The zero-order valence-corrected chi connectivity index (χ0v) is 20.2. The number of benzene rings is 1. The van der Waals surface area contributed by atoms with Crippen LogP contribution < -0.4 is 15.8 Å². The van der Waals surface area contributed by atoms with Gasteiger partial charge >= 0.3 is 0 Å². The van der Waals surface area contributed by atoms with Crippen LogP contribution in [0.1, 0.15) is 30.9 Å². The highest BCUT2D eigenvalue weighted by Gasteiger charge is 2.28. The van der Waals surface area contributed by atoms with Crippen LogP contribution in [-0.2, 0) is 0 Å². The van der Waals surface area contributed by atoms with Crippen molar-refractivity contribution in [3.8, 4) is 5.82 Å². The second kappa shape index (κ2) is 8.81.